The van der Waals surface area contributed by atoms with E-state index >= 15 is 0 Å². The predicted octanol–water partition coefficient (Wildman–Crippen LogP) is 2.93. The van der Waals surface area contributed by atoms with Crippen molar-refractivity contribution in [2.45, 2.75) is 32.4 Å². The monoisotopic (exact) mass is 304 g/mol. The van der Waals surface area contributed by atoms with E-state index in [4.69, 9.17) is 11.6 Å². The zero-order valence-electron chi connectivity index (χ0n) is 11.9. The molecule has 110 valence electrons. The zero-order chi connectivity index (χ0) is 14.8. The van der Waals surface area contributed by atoms with E-state index in [0.717, 1.165) is 24.9 Å². The molecular formula is C15H17ClN4O. The summed E-state index contributed by atoms with van der Waals surface area (Å²) in [5.41, 5.74) is 1.55. The van der Waals surface area contributed by atoms with Gasteiger partial charge in [0.25, 0.3) is 5.91 Å². The minimum absolute atomic E-state index is 0.0238. The van der Waals surface area contributed by atoms with Crippen LogP contribution in [0.25, 0.3) is 0 Å². The summed E-state index contributed by atoms with van der Waals surface area (Å²) in [6.45, 7) is 3.32. The molecular weight excluding hydrogens is 288 g/mol. The van der Waals surface area contributed by atoms with Crippen molar-refractivity contribution >= 4 is 17.5 Å². The van der Waals surface area contributed by atoms with Crippen LogP contribution in [0.15, 0.2) is 30.5 Å². The van der Waals surface area contributed by atoms with Crippen molar-refractivity contribution in [1.29, 1.82) is 0 Å². The fourth-order valence-electron chi connectivity index (χ4n) is 2.88. The summed E-state index contributed by atoms with van der Waals surface area (Å²) in [5, 5.41) is 8.49. The Kier molecular flexibility index (Phi) is 3.92. The molecule has 3 rings (SSSR count). The van der Waals surface area contributed by atoms with Gasteiger partial charge < -0.3 is 4.90 Å². The molecule has 5 nitrogen and oxygen atoms in total. The molecule has 1 unspecified atom stereocenters. The lowest BCUT2D eigenvalue weighted by atomic mass is 10.0. The highest BCUT2D eigenvalue weighted by Crippen LogP contribution is 2.36. The largest absolute Gasteiger partial charge is 0.330 e. The number of aryl methyl sites for hydroxylation is 1. The third kappa shape index (κ3) is 2.53. The molecule has 0 aliphatic carbocycles. The number of carbonyl (C=O) groups excluding carboxylic acids is 1. The van der Waals surface area contributed by atoms with E-state index in [9.17, 15) is 4.79 Å². The van der Waals surface area contributed by atoms with Gasteiger partial charge in [-0.1, -0.05) is 35.0 Å². The van der Waals surface area contributed by atoms with Crippen molar-refractivity contribution in [3.05, 3.63) is 46.7 Å². The molecule has 0 N–H and O–H groups in total. The van der Waals surface area contributed by atoms with E-state index in [1.54, 1.807) is 4.68 Å². The summed E-state index contributed by atoms with van der Waals surface area (Å²) in [6, 6.07) is 7.76. The standard InChI is InChI=1S/C15H17ClN4O/c1-2-20-14(10-17-18-20)15(21)19-9-5-8-13(19)11-6-3-4-7-12(11)16/h3-4,6-7,10,13H,2,5,8-9H2,1H3. The predicted molar refractivity (Wildman–Crippen MR) is 80.2 cm³/mol. The SMILES string of the molecule is CCn1nncc1C(=O)N1CCCC1c1ccccc1Cl. The minimum atomic E-state index is -0.0238. The van der Waals surface area contributed by atoms with Crippen LogP contribution >= 0.6 is 11.6 Å². The number of benzene rings is 1. The number of amides is 1. The van der Waals surface area contributed by atoms with Gasteiger partial charge in [0.05, 0.1) is 12.2 Å². The quantitative estimate of drug-likeness (QED) is 0.876. The van der Waals surface area contributed by atoms with Gasteiger partial charge >= 0.3 is 0 Å². The van der Waals surface area contributed by atoms with Gasteiger partial charge in [0, 0.05) is 18.1 Å². The first kappa shape index (κ1) is 14.1. The smallest absolute Gasteiger partial charge is 0.274 e. The Morgan fingerprint density at radius 2 is 2.24 bits per heavy atom. The number of halogens is 1. The maximum absolute atomic E-state index is 12.8. The van der Waals surface area contributed by atoms with Gasteiger partial charge in [-0.25, -0.2) is 4.68 Å². The molecule has 1 amide bonds. The maximum Gasteiger partial charge on any atom is 0.274 e. The summed E-state index contributed by atoms with van der Waals surface area (Å²) < 4.78 is 1.63. The molecule has 1 aromatic heterocycles. The Balaban J connectivity index is 1.91. The van der Waals surface area contributed by atoms with Gasteiger partial charge in [0.1, 0.15) is 5.69 Å². The van der Waals surface area contributed by atoms with Crippen molar-refractivity contribution in [3.63, 3.8) is 0 Å². The molecule has 1 fully saturated rings. The average molecular weight is 305 g/mol. The molecule has 0 spiro atoms. The normalized spacial score (nSPS) is 18.2. The van der Waals surface area contributed by atoms with Crippen molar-refractivity contribution < 1.29 is 4.79 Å². The minimum Gasteiger partial charge on any atom is -0.330 e. The van der Waals surface area contributed by atoms with E-state index in [2.05, 4.69) is 10.3 Å². The van der Waals surface area contributed by atoms with E-state index in [-0.39, 0.29) is 11.9 Å². The molecule has 1 aliphatic rings. The van der Waals surface area contributed by atoms with Crippen LogP contribution in [0.5, 0.6) is 0 Å². The van der Waals surface area contributed by atoms with Gasteiger partial charge in [-0.3, -0.25) is 4.79 Å². The van der Waals surface area contributed by atoms with Gasteiger partial charge in [-0.15, -0.1) is 5.10 Å². The number of nitrogens with zero attached hydrogens (tertiary/aromatic N) is 4. The Morgan fingerprint density at radius 1 is 1.43 bits per heavy atom. The highest BCUT2D eigenvalue weighted by atomic mass is 35.5. The van der Waals surface area contributed by atoms with Crippen LogP contribution < -0.4 is 0 Å². The molecule has 21 heavy (non-hydrogen) atoms. The molecule has 6 heteroatoms. The third-order valence-electron chi connectivity index (χ3n) is 3.91. The lowest BCUT2D eigenvalue weighted by Gasteiger charge is -2.25. The van der Waals surface area contributed by atoms with Crippen molar-refractivity contribution in [2.75, 3.05) is 6.54 Å². The first-order valence-electron chi connectivity index (χ1n) is 7.16. The second-order valence-corrected chi connectivity index (χ2v) is 5.52. The fourth-order valence-corrected chi connectivity index (χ4v) is 3.14. The molecule has 1 atom stereocenters. The van der Waals surface area contributed by atoms with E-state index in [1.165, 1.54) is 6.20 Å². The van der Waals surface area contributed by atoms with Crippen molar-refractivity contribution in [1.82, 2.24) is 19.9 Å². The number of rotatable bonds is 3. The summed E-state index contributed by atoms with van der Waals surface area (Å²) >= 11 is 6.29. The number of hydrogen-bond donors (Lipinski definition) is 0. The first-order chi connectivity index (χ1) is 10.2. The van der Waals surface area contributed by atoms with Crippen LogP contribution in [-0.2, 0) is 6.54 Å². The Morgan fingerprint density at radius 3 is 3.00 bits per heavy atom. The topological polar surface area (TPSA) is 51.0 Å². The Labute approximate surface area is 128 Å². The zero-order valence-corrected chi connectivity index (χ0v) is 12.6. The van der Waals surface area contributed by atoms with Crippen LogP contribution in [0.1, 0.15) is 41.9 Å². The summed E-state index contributed by atoms with van der Waals surface area (Å²) in [4.78, 5) is 14.6. The van der Waals surface area contributed by atoms with Crippen LogP contribution in [0.2, 0.25) is 5.02 Å². The highest BCUT2D eigenvalue weighted by molar-refractivity contribution is 6.31. The van der Waals surface area contributed by atoms with Crippen molar-refractivity contribution in [3.8, 4) is 0 Å². The number of likely N-dealkylation sites (tertiary alicyclic amines) is 1. The Hall–Kier alpha value is -1.88. The second kappa shape index (κ2) is 5.85. The number of hydrogen-bond acceptors (Lipinski definition) is 3. The summed E-state index contributed by atoms with van der Waals surface area (Å²) in [6.07, 6.45) is 3.45. The number of aromatic nitrogens is 3. The second-order valence-electron chi connectivity index (χ2n) is 5.11. The van der Waals surface area contributed by atoms with Crippen molar-refractivity contribution in [2.24, 2.45) is 0 Å². The molecule has 0 radical (unpaired) electrons. The summed E-state index contributed by atoms with van der Waals surface area (Å²) in [7, 11) is 0. The lowest BCUT2D eigenvalue weighted by Crippen LogP contribution is -2.32. The van der Waals surface area contributed by atoms with Crippen LogP contribution in [0.3, 0.4) is 0 Å². The lowest BCUT2D eigenvalue weighted by molar-refractivity contribution is 0.0723. The molecule has 1 aromatic carbocycles. The first-order valence-corrected chi connectivity index (χ1v) is 7.54. The molecule has 0 bridgehead atoms. The van der Waals surface area contributed by atoms with Gasteiger partial charge in [0.2, 0.25) is 0 Å². The van der Waals surface area contributed by atoms with E-state index in [0.29, 0.717) is 17.3 Å². The van der Waals surface area contributed by atoms with Gasteiger partial charge in [0.15, 0.2) is 0 Å². The molecule has 1 aliphatic heterocycles. The Bertz CT molecular complexity index is 655. The van der Waals surface area contributed by atoms with Gasteiger partial charge in [-0.05, 0) is 31.4 Å². The third-order valence-corrected chi connectivity index (χ3v) is 4.26. The van der Waals surface area contributed by atoms with Crippen LogP contribution in [-0.4, -0.2) is 32.3 Å². The maximum atomic E-state index is 12.8. The summed E-state index contributed by atoms with van der Waals surface area (Å²) in [5.74, 6) is -0.0238. The van der Waals surface area contributed by atoms with Crippen LogP contribution in [0, 0.1) is 0 Å². The average Bonchev–Trinajstić information content (AvgIpc) is 3.16. The molecule has 0 saturated carbocycles. The molecule has 2 heterocycles. The van der Waals surface area contributed by atoms with E-state index in [1.807, 2.05) is 36.1 Å². The molecule has 1 saturated heterocycles. The van der Waals surface area contributed by atoms with Crippen LogP contribution in [0.4, 0.5) is 0 Å². The van der Waals surface area contributed by atoms with E-state index < -0.39 is 0 Å². The van der Waals surface area contributed by atoms with Gasteiger partial charge in [-0.2, -0.15) is 0 Å². The number of carbonyl (C=O) groups is 1. The molecule has 2 aromatic rings. The highest BCUT2D eigenvalue weighted by Gasteiger charge is 2.33. The fraction of sp³-hybridized carbons (Fsp3) is 0.400.